The van der Waals surface area contributed by atoms with Crippen LogP contribution < -0.4 is 19.5 Å². The summed E-state index contributed by atoms with van der Waals surface area (Å²) in [5.74, 6) is 1.69. The number of rotatable bonds is 13. The van der Waals surface area contributed by atoms with E-state index in [4.69, 9.17) is 18.9 Å². The lowest BCUT2D eigenvalue weighted by atomic mass is 10.0. The van der Waals surface area contributed by atoms with Gasteiger partial charge in [-0.15, -0.1) is 0 Å². The number of fused-ring (bicyclic) bond motifs is 1. The zero-order chi connectivity index (χ0) is 23.4. The summed E-state index contributed by atoms with van der Waals surface area (Å²) in [6, 6.07) is 13.9. The Balaban J connectivity index is 1.12. The lowest BCUT2D eigenvalue weighted by molar-refractivity contribution is 0.0738. The normalized spacial score (nSPS) is 12.0. The number of ether oxygens (including phenoxy) is 4. The SMILES string of the molecule is C=CCOc1ccc(Nc2cnc(OCCOCCOc3cccc4c3CCN=C4)nc2)cc1. The second-order valence-electron chi connectivity index (χ2n) is 7.42. The zero-order valence-corrected chi connectivity index (χ0v) is 19.0. The second-order valence-corrected chi connectivity index (χ2v) is 7.42. The molecule has 0 saturated carbocycles. The number of hydrogen-bond acceptors (Lipinski definition) is 8. The molecule has 8 heteroatoms. The molecule has 1 aromatic heterocycles. The quantitative estimate of drug-likeness (QED) is 0.302. The Kier molecular flexibility index (Phi) is 8.46. The van der Waals surface area contributed by atoms with Crippen LogP contribution in [0.4, 0.5) is 11.4 Å². The highest BCUT2D eigenvalue weighted by Crippen LogP contribution is 2.24. The van der Waals surface area contributed by atoms with E-state index in [2.05, 4.69) is 32.9 Å². The van der Waals surface area contributed by atoms with E-state index in [9.17, 15) is 0 Å². The van der Waals surface area contributed by atoms with E-state index in [1.165, 1.54) is 5.56 Å². The first kappa shape index (κ1) is 23.3. The summed E-state index contributed by atoms with van der Waals surface area (Å²) in [5.41, 5.74) is 4.01. The van der Waals surface area contributed by atoms with Crippen LogP contribution in [0.3, 0.4) is 0 Å². The molecule has 0 unspecified atom stereocenters. The van der Waals surface area contributed by atoms with Crippen molar-refractivity contribution in [2.24, 2.45) is 4.99 Å². The van der Waals surface area contributed by atoms with Gasteiger partial charge in [0.2, 0.25) is 0 Å². The Morgan fingerprint density at radius 3 is 2.47 bits per heavy atom. The Morgan fingerprint density at radius 1 is 0.882 bits per heavy atom. The Bertz CT molecular complexity index is 1080. The molecule has 0 radical (unpaired) electrons. The van der Waals surface area contributed by atoms with E-state index in [0.717, 1.165) is 41.4 Å². The fourth-order valence-corrected chi connectivity index (χ4v) is 3.36. The maximum Gasteiger partial charge on any atom is 0.316 e. The molecule has 1 aliphatic heterocycles. The van der Waals surface area contributed by atoms with Crippen molar-refractivity contribution < 1.29 is 18.9 Å². The standard InChI is InChI=1S/C26H28N4O4/c1-2-12-32-23-8-6-21(7-9-23)30-22-18-28-26(29-19-22)34-16-14-31-13-15-33-25-5-3-4-20-17-27-11-10-24(20)25/h2-9,17-19,30H,1,10-16H2. The molecule has 2 heterocycles. The van der Waals surface area contributed by atoms with Crippen LogP contribution in [0.2, 0.25) is 0 Å². The minimum atomic E-state index is 0.302. The predicted molar refractivity (Wildman–Crippen MR) is 132 cm³/mol. The number of aromatic nitrogens is 2. The van der Waals surface area contributed by atoms with Crippen molar-refractivity contribution in [2.75, 3.05) is 44.9 Å². The minimum absolute atomic E-state index is 0.302. The van der Waals surface area contributed by atoms with Crippen molar-refractivity contribution in [3.63, 3.8) is 0 Å². The van der Waals surface area contributed by atoms with Crippen molar-refractivity contribution in [3.05, 3.63) is 78.6 Å². The van der Waals surface area contributed by atoms with Gasteiger partial charge in [-0.1, -0.05) is 24.8 Å². The molecule has 2 aromatic carbocycles. The van der Waals surface area contributed by atoms with Crippen molar-refractivity contribution in [1.82, 2.24) is 9.97 Å². The Hall–Kier alpha value is -3.91. The fourth-order valence-electron chi connectivity index (χ4n) is 3.36. The van der Waals surface area contributed by atoms with Gasteiger partial charge in [0.1, 0.15) is 31.3 Å². The molecule has 0 amide bonds. The average molecular weight is 461 g/mol. The molecule has 8 nitrogen and oxygen atoms in total. The number of aliphatic imine (C=N–C) groups is 1. The van der Waals surface area contributed by atoms with E-state index in [-0.39, 0.29) is 0 Å². The number of hydrogen-bond donors (Lipinski definition) is 1. The summed E-state index contributed by atoms with van der Waals surface area (Å²) >= 11 is 0. The monoisotopic (exact) mass is 460 g/mol. The summed E-state index contributed by atoms with van der Waals surface area (Å²) in [6.45, 7) is 6.65. The Labute approximate surface area is 199 Å². The predicted octanol–water partition coefficient (Wildman–Crippen LogP) is 4.23. The molecule has 176 valence electrons. The van der Waals surface area contributed by atoms with Crippen molar-refractivity contribution in [3.8, 4) is 17.5 Å². The minimum Gasteiger partial charge on any atom is -0.491 e. The Morgan fingerprint density at radius 2 is 1.68 bits per heavy atom. The first-order valence-electron chi connectivity index (χ1n) is 11.2. The van der Waals surface area contributed by atoms with Crippen molar-refractivity contribution >= 4 is 17.6 Å². The summed E-state index contributed by atoms with van der Waals surface area (Å²) in [6.07, 6.45) is 7.86. The number of benzene rings is 2. The molecule has 0 aliphatic carbocycles. The molecular weight excluding hydrogens is 432 g/mol. The maximum absolute atomic E-state index is 5.89. The average Bonchev–Trinajstić information content (AvgIpc) is 2.89. The van der Waals surface area contributed by atoms with Gasteiger partial charge >= 0.3 is 6.01 Å². The van der Waals surface area contributed by atoms with Crippen LogP contribution in [0, 0.1) is 0 Å². The van der Waals surface area contributed by atoms with E-state index in [1.807, 2.05) is 42.6 Å². The number of nitrogens with one attached hydrogen (secondary N) is 1. The highest BCUT2D eigenvalue weighted by atomic mass is 16.5. The summed E-state index contributed by atoms with van der Waals surface area (Å²) in [7, 11) is 0. The van der Waals surface area contributed by atoms with Gasteiger partial charge in [0.05, 0.1) is 31.3 Å². The van der Waals surface area contributed by atoms with Gasteiger partial charge < -0.3 is 24.3 Å². The fraction of sp³-hybridized carbons (Fsp3) is 0.269. The van der Waals surface area contributed by atoms with Gasteiger partial charge in [0.15, 0.2) is 0 Å². The molecule has 0 fully saturated rings. The van der Waals surface area contributed by atoms with Gasteiger partial charge in [-0.25, -0.2) is 9.97 Å². The smallest absolute Gasteiger partial charge is 0.316 e. The van der Waals surface area contributed by atoms with Crippen LogP contribution in [0.5, 0.6) is 17.5 Å². The zero-order valence-electron chi connectivity index (χ0n) is 19.0. The molecule has 0 spiro atoms. The van der Waals surface area contributed by atoms with Crippen molar-refractivity contribution in [1.29, 1.82) is 0 Å². The van der Waals surface area contributed by atoms with E-state index in [0.29, 0.717) is 39.0 Å². The molecule has 1 N–H and O–H groups in total. The maximum atomic E-state index is 5.89. The van der Waals surface area contributed by atoms with Gasteiger partial charge in [-0.2, -0.15) is 0 Å². The molecular formula is C26H28N4O4. The third kappa shape index (κ3) is 6.79. The lowest BCUT2D eigenvalue weighted by Gasteiger charge is -2.15. The van der Waals surface area contributed by atoms with Crippen LogP contribution in [0.25, 0.3) is 0 Å². The van der Waals surface area contributed by atoms with Crippen LogP contribution in [0.15, 0.2) is 72.5 Å². The van der Waals surface area contributed by atoms with Gasteiger partial charge in [0, 0.05) is 24.0 Å². The highest BCUT2D eigenvalue weighted by Gasteiger charge is 2.11. The first-order chi connectivity index (χ1) is 16.8. The number of anilines is 2. The third-order valence-electron chi connectivity index (χ3n) is 4.97. The van der Waals surface area contributed by atoms with Crippen LogP contribution in [-0.2, 0) is 11.2 Å². The third-order valence-corrected chi connectivity index (χ3v) is 4.97. The van der Waals surface area contributed by atoms with E-state index in [1.54, 1.807) is 18.5 Å². The van der Waals surface area contributed by atoms with Crippen LogP contribution in [0.1, 0.15) is 11.1 Å². The molecule has 0 saturated heterocycles. The largest absolute Gasteiger partial charge is 0.491 e. The van der Waals surface area contributed by atoms with E-state index >= 15 is 0 Å². The summed E-state index contributed by atoms with van der Waals surface area (Å²) < 4.78 is 22.5. The summed E-state index contributed by atoms with van der Waals surface area (Å²) in [4.78, 5) is 12.8. The molecule has 0 atom stereocenters. The van der Waals surface area contributed by atoms with Gasteiger partial charge in [-0.3, -0.25) is 4.99 Å². The summed E-state index contributed by atoms with van der Waals surface area (Å²) in [5, 5.41) is 3.24. The number of nitrogens with zero attached hydrogens (tertiary/aromatic N) is 3. The van der Waals surface area contributed by atoms with Crippen LogP contribution >= 0.6 is 0 Å². The van der Waals surface area contributed by atoms with Gasteiger partial charge in [0.25, 0.3) is 0 Å². The molecule has 0 bridgehead atoms. The topological polar surface area (TPSA) is 87.1 Å². The molecule has 3 aromatic rings. The highest BCUT2D eigenvalue weighted by molar-refractivity contribution is 5.84. The molecule has 1 aliphatic rings. The van der Waals surface area contributed by atoms with Gasteiger partial charge in [-0.05, 0) is 42.3 Å². The second kappa shape index (κ2) is 12.4. The van der Waals surface area contributed by atoms with Crippen LogP contribution in [-0.4, -0.2) is 55.8 Å². The lowest BCUT2D eigenvalue weighted by Crippen LogP contribution is -2.14. The molecule has 34 heavy (non-hydrogen) atoms. The molecule has 4 rings (SSSR count). The first-order valence-corrected chi connectivity index (χ1v) is 11.2. The van der Waals surface area contributed by atoms with Crippen molar-refractivity contribution in [2.45, 2.75) is 6.42 Å². The van der Waals surface area contributed by atoms with E-state index < -0.39 is 0 Å².